The number of carbonyl (C=O) groups is 1. The number of hydrogen-bond acceptors (Lipinski definition) is 8. The number of amides is 1. The van der Waals surface area contributed by atoms with Crippen LogP contribution in [0.2, 0.25) is 0 Å². The number of aromatic nitrogens is 2. The molecule has 0 unspecified atom stereocenters. The van der Waals surface area contributed by atoms with Gasteiger partial charge in [0.2, 0.25) is 0 Å². The monoisotopic (exact) mass is 567 g/mol. The Balaban J connectivity index is 1.46. The molecule has 0 bridgehead atoms. The van der Waals surface area contributed by atoms with Crippen molar-refractivity contribution in [2.24, 2.45) is 0 Å². The topological polar surface area (TPSA) is 70.4 Å². The van der Waals surface area contributed by atoms with Crippen LogP contribution in [0.1, 0.15) is 24.5 Å². The molecule has 0 radical (unpaired) electrons. The first-order valence-electron chi connectivity index (χ1n) is 13.0. The molecular formula is C28H30FN5O3S2. The molecule has 0 spiro atoms. The predicted molar refractivity (Wildman–Crippen MR) is 158 cm³/mol. The fourth-order valence-corrected chi connectivity index (χ4v) is 6.03. The third-order valence-corrected chi connectivity index (χ3v) is 8.16. The van der Waals surface area contributed by atoms with Crippen LogP contribution in [0.3, 0.4) is 0 Å². The summed E-state index contributed by atoms with van der Waals surface area (Å²) >= 11 is 6.70. The second-order valence-electron chi connectivity index (χ2n) is 9.42. The highest BCUT2D eigenvalue weighted by Crippen LogP contribution is 2.34. The molecule has 11 heteroatoms. The Bertz CT molecular complexity index is 1480. The molecule has 1 amide bonds. The lowest BCUT2D eigenvalue weighted by molar-refractivity contribution is -0.122. The third-order valence-electron chi connectivity index (χ3n) is 6.78. The van der Waals surface area contributed by atoms with Crippen molar-refractivity contribution in [1.82, 2.24) is 14.3 Å². The van der Waals surface area contributed by atoms with Gasteiger partial charge in [-0.05, 0) is 62.2 Å². The van der Waals surface area contributed by atoms with Gasteiger partial charge in [-0.3, -0.25) is 18.9 Å². The van der Waals surface area contributed by atoms with E-state index in [1.54, 1.807) is 29.3 Å². The van der Waals surface area contributed by atoms with Gasteiger partial charge in [0.1, 0.15) is 21.6 Å². The van der Waals surface area contributed by atoms with Crippen molar-refractivity contribution in [1.29, 1.82) is 0 Å². The molecule has 1 aromatic carbocycles. The summed E-state index contributed by atoms with van der Waals surface area (Å²) in [6.07, 6.45) is 4.08. The summed E-state index contributed by atoms with van der Waals surface area (Å²) in [5.74, 6) is 0.0735. The zero-order valence-electron chi connectivity index (χ0n) is 21.9. The van der Waals surface area contributed by atoms with Gasteiger partial charge < -0.3 is 14.5 Å². The second-order valence-corrected chi connectivity index (χ2v) is 11.1. The van der Waals surface area contributed by atoms with Crippen molar-refractivity contribution < 1.29 is 13.9 Å². The summed E-state index contributed by atoms with van der Waals surface area (Å²) in [5.41, 5.74) is 2.55. The molecule has 2 fully saturated rings. The first kappa shape index (κ1) is 27.3. The number of hydrogen-bond donors (Lipinski definition) is 0. The number of ether oxygens (including phenoxy) is 1. The van der Waals surface area contributed by atoms with Gasteiger partial charge in [-0.15, -0.1) is 0 Å². The highest BCUT2D eigenvalue weighted by Gasteiger charge is 2.33. The fraction of sp³-hybridized carbons (Fsp3) is 0.357. The maximum absolute atomic E-state index is 13.8. The maximum atomic E-state index is 13.8. The lowest BCUT2D eigenvalue weighted by atomic mass is 10.2. The van der Waals surface area contributed by atoms with E-state index in [-0.39, 0.29) is 17.3 Å². The zero-order chi connectivity index (χ0) is 27.5. The Kier molecular flexibility index (Phi) is 8.29. The van der Waals surface area contributed by atoms with E-state index in [2.05, 4.69) is 9.80 Å². The minimum absolute atomic E-state index is 0.206. The van der Waals surface area contributed by atoms with Crippen LogP contribution < -0.4 is 15.4 Å². The second kappa shape index (κ2) is 11.8. The maximum Gasteiger partial charge on any atom is 0.267 e. The van der Waals surface area contributed by atoms with Gasteiger partial charge >= 0.3 is 0 Å². The molecule has 5 rings (SSSR count). The number of aryl methyl sites for hydroxylation is 1. The SMILES string of the molecule is CCOCCCN1C(=O)C(=Cc2c(N3CCN(c4ccc(F)cc4)CC3)nc3ccc(C)cn3c2=O)SC1=S. The zero-order valence-corrected chi connectivity index (χ0v) is 23.6. The summed E-state index contributed by atoms with van der Waals surface area (Å²) in [5, 5.41) is 0. The number of halogens is 1. The molecule has 2 aliphatic heterocycles. The van der Waals surface area contributed by atoms with Crippen molar-refractivity contribution in [3.05, 3.63) is 74.8 Å². The number of nitrogens with zero attached hydrogens (tertiary/aromatic N) is 5. The van der Waals surface area contributed by atoms with Gasteiger partial charge in [-0.2, -0.15) is 0 Å². The molecule has 0 atom stereocenters. The number of piperazine rings is 1. The largest absolute Gasteiger partial charge is 0.382 e. The van der Waals surface area contributed by atoms with E-state index >= 15 is 0 Å². The summed E-state index contributed by atoms with van der Waals surface area (Å²) in [6.45, 7) is 8.09. The van der Waals surface area contributed by atoms with Gasteiger partial charge in [0, 0.05) is 57.8 Å². The molecule has 4 heterocycles. The summed E-state index contributed by atoms with van der Waals surface area (Å²) < 4.78 is 20.8. The van der Waals surface area contributed by atoms with E-state index in [4.69, 9.17) is 21.9 Å². The van der Waals surface area contributed by atoms with Crippen LogP contribution in [-0.4, -0.2) is 70.4 Å². The Hall–Kier alpha value is -3.28. The first-order valence-corrected chi connectivity index (χ1v) is 14.2. The number of rotatable bonds is 8. The van der Waals surface area contributed by atoms with Crippen LogP contribution in [0, 0.1) is 12.7 Å². The summed E-state index contributed by atoms with van der Waals surface area (Å²) in [6, 6.07) is 10.2. The van der Waals surface area contributed by atoms with Crippen LogP contribution in [-0.2, 0) is 9.53 Å². The van der Waals surface area contributed by atoms with Crippen molar-refractivity contribution >= 4 is 57.4 Å². The molecule has 3 aromatic rings. The molecule has 0 aliphatic carbocycles. The molecule has 39 heavy (non-hydrogen) atoms. The average Bonchev–Trinajstić information content (AvgIpc) is 3.20. The van der Waals surface area contributed by atoms with Crippen molar-refractivity contribution in [2.75, 3.05) is 55.7 Å². The van der Waals surface area contributed by atoms with Crippen LogP contribution in [0.15, 0.2) is 52.3 Å². The van der Waals surface area contributed by atoms with Gasteiger partial charge in [-0.1, -0.05) is 30.0 Å². The van der Waals surface area contributed by atoms with Crippen molar-refractivity contribution in [2.45, 2.75) is 20.3 Å². The number of carbonyl (C=O) groups excluding carboxylic acids is 1. The standard InChI is InChI=1S/C28H30FN5O3S2/c1-3-37-16-4-11-33-27(36)23(39-28(33)38)17-22-25(30-24-10-5-19(2)18-34(24)26(22)35)32-14-12-31(13-15-32)21-8-6-20(29)7-9-21/h5-10,17-18H,3-4,11-16H2,1-2H3. The molecule has 8 nitrogen and oxygen atoms in total. The number of benzene rings is 1. The van der Waals surface area contributed by atoms with Gasteiger partial charge in [0.05, 0.1) is 10.5 Å². The smallest absolute Gasteiger partial charge is 0.267 e. The molecular weight excluding hydrogens is 537 g/mol. The number of pyridine rings is 1. The number of fused-ring (bicyclic) bond motifs is 1. The quantitative estimate of drug-likeness (QED) is 0.229. The lowest BCUT2D eigenvalue weighted by Gasteiger charge is -2.37. The van der Waals surface area contributed by atoms with Crippen LogP contribution in [0.5, 0.6) is 0 Å². The minimum atomic E-state index is -0.266. The number of thiocarbonyl (C=S) groups is 1. The van der Waals surface area contributed by atoms with E-state index in [9.17, 15) is 14.0 Å². The molecule has 0 saturated carbocycles. The average molecular weight is 568 g/mol. The van der Waals surface area contributed by atoms with Crippen LogP contribution in [0.25, 0.3) is 11.7 Å². The van der Waals surface area contributed by atoms with Crippen LogP contribution >= 0.6 is 24.0 Å². The van der Waals surface area contributed by atoms with E-state index in [0.717, 1.165) is 11.3 Å². The Morgan fingerprint density at radius 2 is 1.79 bits per heavy atom. The van der Waals surface area contributed by atoms with Gasteiger partial charge in [-0.25, -0.2) is 9.37 Å². The number of anilines is 2. The van der Waals surface area contributed by atoms with E-state index in [1.165, 1.54) is 28.3 Å². The van der Waals surface area contributed by atoms with E-state index in [0.29, 0.717) is 78.6 Å². The molecule has 2 aromatic heterocycles. The lowest BCUT2D eigenvalue weighted by Crippen LogP contribution is -2.47. The highest BCUT2D eigenvalue weighted by molar-refractivity contribution is 8.26. The van der Waals surface area contributed by atoms with Gasteiger partial charge in [0.25, 0.3) is 11.5 Å². The summed E-state index contributed by atoms with van der Waals surface area (Å²) in [7, 11) is 0. The minimum Gasteiger partial charge on any atom is -0.382 e. The van der Waals surface area contributed by atoms with Gasteiger partial charge in [0.15, 0.2) is 0 Å². The van der Waals surface area contributed by atoms with Crippen LogP contribution in [0.4, 0.5) is 15.9 Å². The molecule has 2 saturated heterocycles. The Morgan fingerprint density at radius 1 is 1.08 bits per heavy atom. The van der Waals surface area contributed by atoms with E-state index in [1.807, 2.05) is 26.0 Å². The Labute approximate surface area is 236 Å². The molecule has 0 N–H and O–H groups in total. The first-order chi connectivity index (χ1) is 18.9. The number of thioether (sulfide) groups is 1. The molecule has 2 aliphatic rings. The van der Waals surface area contributed by atoms with E-state index < -0.39 is 0 Å². The normalized spacial score (nSPS) is 17.2. The summed E-state index contributed by atoms with van der Waals surface area (Å²) in [4.78, 5) is 38.2. The van der Waals surface area contributed by atoms with Crippen molar-refractivity contribution in [3.63, 3.8) is 0 Å². The Morgan fingerprint density at radius 3 is 2.51 bits per heavy atom. The van der Waals surface area contributed by atoms with Crippen molar-refractivity contribution in [3.8, 4) is 0 Å². The molecule has 204 valence electrons. The third kappa shape index (κ3) is 5.85. The highest BCUT2D eigenvalue weighted by atomic mass is 32.2. The predicted octanol–water partition coefficient (Wildman–Crippen LogP) is 4.10. The fourth-order valence-electron chi connectivity index (χ4n) is 4.74.